The van der Waals surface area contributed by atoms with Crippen LogP contribution in [0.4, 0.5) is 0 Å². The fourth-order valence-electron chi connectivity index (χ4n) is 1.51. The number of ether oxygens (including phenoxy) is 2. The fourth-order valence-corrected chi connectivity index (χ4v) is 1.51. The molecule has 0 radical (unpaired) electrons. The van der Waals surface area contributed by atoms with Gasteiger partial charge < -0.3 is 9.47 Å². The van der Waals surface area contributed by atoms with Crippen LogP contribution in [0.25, 0.3) is 0 Å². The minimum Gasteiger partial charge on any atom is -0.467 e. The molecule has 1 heterocycles. The van der Waals surface area contributed by atoms with Gasteiger partial charge in [0.05, 0.1) is 20.6 Å². The van der Waals surface area contributed by atoms with Gasteiger partial charge in [-0.15, -0.1) is 4.98 Å². The lowest BCUT2D eigenvalue weighted by Gasteiger charge is -2.04. The molecule has 0 saturated heterocycles. The van der Waals surface area contributed by atoms with E-state index in [-0.39, 0.29) is 24.2 Å². The highest BCUT2D eigenvalue weighted by Gasteiger charge is 2.12. The van der Waals surface area contributed by atoms with Gasteiger partial charge in [0.15, 0.2) is 5.78 Å². The third kappa shape index (κ3) is 3.25. The molecule has 1 aromatic heterocycles. The molecule has 0 aliphatic rings. The number of aromatic nitrogens is 3. The number of methoxy groups -OCH3 is 2. The van der Waals surface area contributed by atoms with E-state index in [9.17, 15) is 4.79 Å². The summed E-state index contributed by atoms with van der Waals surface area (Å²) in [6.45, 7) is 0. The van der Waals surface area contributed by atoms with Crippen molar-refractivity contribution in [2.45, 2.75) is 6.42 Å². The van der Waals surface area contributed by atoms with E-state index in [2.05, 4.69) is 15.0 Å². The minimum atomic E-state index is -0.0732. The second-order valence-electron chi connectivity index (χ2n) is 3.69. The van der Waals surface area contributed by atoms with Crippen LogP contribution in [0, 0.1) is 0 Å². The molecule has 0 amide bonds. The largest absolute Gasteiger partial charge is 0.467 e. The molecule has 19 heavy (non-hydrogen) atoms. The van der Waals surface area contributed by atoms with E-state index in [4.69, 9.17) is 9.47 Å². The summed E-state index contributed by atoms with van der Waals surface area (Å²) in [4.78, 5) is 23.9. The van der Waals surface area contributed by atoms with Crippen LogP contribution >= 0.6 is 0 Å². The molecule has 6 heteroatoms. The molecule has 0 fully saturated rings. The quantitative estimate of drug-likeness (QED) is 0.754. The first-order valence-corrected chi connectivity index (χ1v) is 5.64. The van der Waals surface area contributed by atoms with Crippen LogP contribution in [-0.2, 0) is 6.42 Å². The smallest absolute Gasteiger partial charge is 0.322 e. The van der Waals surface area contributed by atoms with Crippen LogP contribution in [0.2, 0.25) is 0 Å². The Balaban J connectivity index is 2.21. The number of hydrogen-bond acceptors (Lipinski definition) is 6. The topological polar surface area (TPSA) is 74.2 Å². The van der Waals surface area contributed by atoms with Gasteiger partial charge in [0, 0.05) is 5.56 Å². The van der Waals surface area contributed by atoms with Gasteiger partial charge >= 0.3 is 12.0 Å². The van der Waals surface area contributed by atoms with Crippen molar-refractivity contribution < 1.29 is 14.3 Å². The normalized spacial score (nSPS) is 10.0. The Morgan fingerprint density at radius 2 is 1.58 bits per heavy atom. The first-order valence-electron chi connectivity index (χ1n) is 5.64. The molecule has 0 aliphatic carbocycles. The maximum atomic E-state index is 12.0. The van der Waals surface area contributed by atoms with Crippen molar-refractivity contribution in [1.29, 1.82) is 0 Å². The van der Waals surface area contributed by atoms with Crippen molar-refractivity contribution in [3.05, 3.63) is 41.7 Å². The Hall–Kier alpha value is -2.50. The van der Waals surface area contributed by atoms with Gasteiger partial charge in [0.25, 0.3) is 0 Å². The highest BCUT2D eigenvalue weighted by atomic mass is 16.5. The first-order chi connectivity index (χ1) is 9.22. The molecule has 6 nitrogen and oxygen atoms in total. The molecule has 1 aromatic carbocycles. The molecule has 0 atom stereocenters. The lowest BCUT2D eigenvalue weighted by Crippen LogP contribution is -2.09. The van der Waals surface area contributed by atoms with Crippen LogP contribution in [0.15, 0.2) is 30.3 Å². The highest BCUT2D eigenvalue weighted by molar-refractivity contribution is 5.97. The Morgan fingerprint density at radius 3 is 2.11 bits per heavy atom. The maximum absolute atomic E-state index is 12.0. The molecule has 0 unspecified atom stereocenters. The van der Waals surface area contributed by atoms with E-state index in [0.29, 0.717) is 11.4 Å². The number of hydrogen-bond donors (Lipinski definition) is 0. The summed E-state index contributed by atoms with van der Waals surface area (Å²) in [5.41, 5.74) is 0.612. The van der Waals surface area contributed by atoms with E-state index in [0.717, 1.165) is 0 Å². The molecule has 0 spiro atoms. The summed E-state index contributed by atoms with van der Waals surface area (Å²) >= 11 is 0. The van der Waals surface area contributed by atoms with Crippen LogP contribution in [-0.4, -0.2) is 35.0 Å². The zero-order valence-corrected chi connectivity index (χ0v) is 10.7. The predicted octanol–water partition coefficient (Wildman–Crippen LogP) is 1.31. The fraction of sp³-hybridized carbons (Fsp3) is 0.231. The van der Waals surface area contributed by atoms with Gasteiger partial charge in [-0.05, 0) is 0 Å². The second kappa shape index (κ2) is 5.90. The third-order valence-electron chi connectivity index (χ3n) is 2.42. The van der Waals surface area contributed by atoms with E-state index in [1.165, 1.54) is 14.2 Å². The maximum Gasteiger partial charge on any atom is 0.322 e. The summed E-state index contributed by atoms with van der Waals surface area (Å²) in [6, 6.07) is 9.22. The minimum absolute atomic E-state index is 0.0687. The molecule has 0 bridgehead atoms. The number of carbonyl (C=O) groups is 1. The average Bonchev–Trinajstić information content (AvgIpc) is 2.47. The summed E-state index contributed by atoms with van der Waals surface area (Å²) in [5.74, 6) is 0.244. The molecule has 0 N–H and O–H groups in total. The van der Waals surface area contributed by atoms with Crippen molar-refractivity contribution in [3.8, 4) is 12.0 Å². The van der Waals surface area contributed by atoms with Gasteiger partial charge in [-0.1, -0.05) is 30.3 Å². The molecule has 2 rings (SSSR count). The SMILES string of the molecule is COc1nc(CC(=O)c2ccccc2)nc(OC)n1. The standard InChI is InChI=1S/C13H13N3O3/c1-18-12-14-11(15-13(16-12)19-2)8-10(17)9-6-4-3-5-7-9/h3-7H,8H2,1-2H3. The van der Waals surface area contributed by atoms with Crippen LogP contribution in [0.3, 0.4) is 0 Å². The average molecular weight is 259 g/mol. The van der Waals surface area contributed by atoms with Crippen molar-refractivity contribution in [1.82, 2.24) is 15.0 Å². The molecular formula is C13H13N3O3. The molecule has 0 aliphatic heterocycles. The van der Waals surface area contributed by atoms with Crippen molar-refractivity contribution in [3.63, 3.8) is 0 Å². The summed E-state index contributed by atoms with van der Waals surface area (Å²) in [6.07, 6.45) is 0.0687. The van der Waals surface area contributed by atoms with E-state index >= 15 is 0 Å². The predicted molar refractivity (Wildman–Crippen MR) is 67.4 cm³/mol. The Morgan fingerprint density at radius 1 is 1.00 bits per heavy atom. The van der Waals surface area contributed by atoms with Gasteiger partial charge in [-0.2, -0.15) is 9.97 Å². The van der Waals surface area contributed by atoms with Gasteiger partial charge in [-0.3, -0.25) is 4.79 Å². The summed E-state index contributed by atoms with van der Waals surface area (Å²) in [7, 11) is 2.88. The van der Waals surface area contributed by atoms with Crippen LogP contribution < -0.4 is 9.47 Å². The van der Waals surface area contributed by atoms with Gasteiger partial charge in [-0.25, -0.2) is 0 Å². The molecule has 0 saturated carbocycles. The molecule has 2 aromatic rings. The lowest BCUT2D eigenvalue weighted by molar-refractivity contribution is 0.0990. The zero-order chi connectivity index (χ0) is 13.7. The first kappa shape index (κ1) is 12.9. The van der Waals surface area contributed by atoms with E-state index < -0.39 is 0 Å². The Kier molecular flexibility index (Phi) is 4.02. The number of Topliss-reactive ketones (excluding diaryl/α,β-unsaturated/α-hetero) is 1. The van der Waals surface area contributed by atoms with Crippen molar-refractivity contribution in [2.75, 3.05) is 14.2 Å². The van der Waals surface area contributed by atoms with Crippen LogP contribution in [0.1, 0.15) is 16.2 Å². The second-order valence-corrected chi connectivity index (χ2v) is 3.69. The Labute approximate surface area is 110 Å². The number of ketones is 1. The van der Waals surface area contributed by atoms with E-state index in [1.54, 1.807) is 12.1 Å². The van der Waals surface area contributed by atoms with Crippen molar-refractivity contribution in [2.24, 2.45) is 0 Å². The Bertz CT molecular complexity index is 550. The monoisotopic (exact) mass is 259 g/mol. The third-order valence-corrected chi connectivity index (χ3v) is 2.42. The number of nitrogens with zero attached hydrogens (tertiary/aromatic N) is 3. The number of carbonyl (C=O) groups excluding carboxylic acids is 1. The van der Waals surface area contributed by atoms with Gasteiger partial charge in [0.1, 0.15) is 5.82 Å². The summed E-state index contributed by atoms with van der Waals surface area (Å²) < 4.78 is 9.86. The van der Waals surface area contributed by atoms with E-state index in [1.807, 2.05) is 18.2 Å². The summed E-state index contributed by atoms with van der Waals surface area (Å²) in [5, 5.41) is 0. The number of benzene rings is 1. The van der Waals surface area contributed by atoms with Crippen molar-refractivity contribution >= 4 is 5.78 Å². The van der Waals surface area contributed by atoms with Gasteiger partial charge in [0.2, 0.25) is 0 Å². The zero-order valence-electron chi connectivity index (χ0n) is 10.7. The molecular weight excluding hydrogens is 246 g/mol. The number of rotatable bonds is 5. The molecule has 98 valence electrons. The van der Waals surface area contributed by atoms with Crippen LogP contribution in [0.5, 0.6) is 12.0 Å². The highest BCUT2D eigenvalue weighted by Crippen LogP contribution is 2.11. The lowest BCUT2D eigenvalue weighted by atomic mass is 10.1.